The van der Waals surface area contributed by atoms with Crippen LogP contribution in [0.1, 0.15) is 62.1 Å². The molecule has 1 atom stereocenters. The lowest BCUT2D eigenvalue weighted by molar-refractivity contribution is 0.0600. The molecular weight excluding hydrogens is 374 g/mol. The summed E-state index contributed by atoms with van der Waals surface area (Å²) in [5.74, 6) is 1.61. The van der Waals surface area contributed by atoms with Crippen molar-refractivity contribution in [1.82, 2.24) is 9.97 Å². The third kappa shape index (κ3) is 3.47. The van der Waals surface area contributed by atoms with Crippen molar-refractivity contribution in [3.8, 4) is 0 Å². The number of imidazole rings is 1. The van der Waals surface area contributed by atoms with Crippen molar-refractivity contribution in [2.75, 3.05) is 18.8 Å². The van der Waals surface area contributed by atoms with Crippen LogP contribution in [0.4, 0.5) is 5.69 Å². The lowest BCUT2D eigenvalue weighted by Gasteiger charge is -2.38. The number of methoxy groups -OCH3 is 1. The SMILES string of the molecule is COC1=C(C)C(c2ccc(C3CCCCC3)cc2)N(c2ccc3nc[nH]c3c2)OC1. The van der Waals surface area contributed by atoms with Gasteiger partial charge in [0.15, 0.2) is 0 Å². The van der Waals surface area contributed by atoms with Crippen molar-refractivity contribution in [3.63, 3.8) is 0 Å². The number of rotatable bonds is 4. The first kappa shape index (κ1) is 19.2. The van der Waals surface area contributed by atoms with Crippen molar-refractivity contribution in [2.45, 2.75) is 51.0 Å². The normalized spacial score (nSPS) is 20.7. The third-order valence-corrected chi connectivity index (χ3v) is 6.65. The van der Waals surface area contributed by atoms with Crippen LogP contribution in [0.2, 0.25) is 0 Å². The molecule has 1 saturated carbocycles. The Labute approximate surface area is 177 Å². The van der Waals surface area contributed by atoms with Crippen LogP contribution < -0.4 is 5.06 Å². The molecule has 3 aromatic rings. The van der Waals surface area contributed by atoms with Crippen molar-refractivity contribution in [1.29, 1.82) is 0 Å². The monoisotopic (exact) mass is 403 g/mol. The van der Waals surface area contributed by atoms with E-state index < -0.39 is 0 Å². The second-order valence-corrected chi connectivity index (χ2v) is 8.42. The quantitative estimate of drug-likeness (QED) is 0.578. The van der Waals surface area contributed by atoms with Gasteiger partial charge < -0.3 is 9.72 Å². The summed E-state index contributed by atoms with van der Waals surface area (Å²) in [6.45, 7) is 2.57. The van der Waals surface area contributed by atoms with Gasteiger partial charge in [-0.15, -0.1) is 0 Å². The second kappa shape index (κ2) is 8.15. The van der Waals surface area contributed by atoms with E-state index in [0.29, 0.717) is 12.5 Å². The smallest absolute Gasteiger partial charge is 0.132 e. The first-order valence-electron chi connectivity index (χ1n) is 10.9. The van der Waals surface area contributed by atoms with E-state index in [9.17, 15) is 0 Å². The standard InChI is InChI=1S/C25H29N3O2/c1-17-24(29-2)15-30-28(21-12-13-22-23(14-21)27-16-26-22)25(17)20-10-8-19(9-11-20)18-6-4-3-5-7-18/h8-14,16,18,25H,3-7,15H2,1-2H3,(H,26,27). The van der Waals surface area contributed by atoms with Crippen molar-refractivity contribution in [2.24, 2.45) is 0 Å². The maximum absolute atomic E-state index is 6.19. The Bertz CT molecular complexity index is 1050. The van der Waals surface area contributed by atoms with Crippen LogP contribution in [-0.4, -0.2) is 23.7 Å². The van der Waals surface area contributed by atoms with E-state index >= 15 is 0 Å². The molecule has 5 heteroatoms. The molecule has 0 radical (unpaired) electrons. The van der Waals surface area contributed by atoms with Gasteiger partial charge in [-0.2, -0.15) is 0 Å². The van der Waals surface area contributed by atoms with Gasteiger partial charge in [0, 0.05) is 0 Å². The van der Waals surface area contributed by atoms with E-state index in [1.807, 2.05) is 11.1 Å². The van der Waals surface area contributed by atoms with Gasteiger partial charge in [-0.1, -0.05) is 43.5 Å². The molecule has 0 amide bonds. The summed E-state index contributed by atoms with van der Waals surface area (Å²) in [4.78, 5) is 13.7. The van der Waals surface area contributed by atoms with Crippen LogP contribution in [-0.2, 0) is 9.57 Å². The molecule has 5 nitrogen and oxygen atoms in total. The molecule has 1 fully saturated rings. The van der Waals surface area contributed by atoms with Crippen molar-refractivity contribution >= 4 is 16.7 Å². The molecule has 5 rings (SSSR count). The predicted octanol–water partition coefficient (Wildman–Crippen LogP) is 6.02. The zero-order valence-corrected chi connectivity index (χ0v) is 17.7. The fraction of sp³-hybridized carbons (Fsp3) is 0.400. The van der Waals surface area contributed by atoms with Crippen LogP contribution in [0.25, 0.3) is 11.0 Å². The molecule has 0 saturated heterocycles. The van der Waals surface area contributed by atoms with Gasteiger partial charge in [-0.3, -0.25) is 4.84 Å². The number of aromatic nitrogens is 2. The second-order valence-electron chi connectivity index (χ2n) is 8.42. The highest BCUT2D eigenvalue weighted by atomic mass is 16.7. The number of aromatic amines is 1. The minimum atomic E-state index is -0.0329. The molecule has 1 aliphatic carbocycles. The van der Waals surface area contributed by atoms with Crippen molar-refractivity contribution < 1.29 is 9.57 Å². The number of benzene rings is 2. The van der Waals surface area contributed by atoms with Gasteiger partial charge in [0.2, 0.25) is 0 Å². The molecule has 1 aromatic heterocycles. The third-order valence-electron chi connectivity index (χ3n) is 6.65. The van der Waals surface area contributed by atoms with E-state index in [0.717, 1.165) is 22.5 Å². The summed E-state index contributed by atoms with van der Waals surface area (Å²) in [7, 11) is 1.72. The van der Waals surface area contributed by atoms with Gasteiger partial charge in [0.05, 0.1) is 30.2 Å². The lowest BCUT2D eigenvalue weighted by Crippen LogP contribution is -2.35. The first-order chi connectivity index (χ1) is 14.7. The summed E-state index contributed by atoms with van der Waals surface area (Å²) in [6, 6.07) is 15.3. The molecule has 1 aliphatic heterocycles. The van der Waals surface area contributed by atoms with E-state index in [1.165, 1.54) is 48.8 Å². The average molecular weight is 404 g/mol. The van der Waals surface area contributed by atoms with Crippen LogP contribution in [0.15, 0.2) is 60.1 Å². The topological polar surface area (TPSA) is 50.4 Å². The van der Waals surface area contributed by atoms with Gasteiger partial charge in [-0.25, -0.2) is 10.0 Å². The van der Waals surface area contributed by atoms with Gasteiger partial charge in [-0.05, 0) is 60.6 Å². The number of fused-ring (bicyclic) bond motifs is 1. The summed E-state index contributed by atoms with van der Waals surface area (Å²) < 4.78 is 5.63. The first-order valence-corrected chi connectivity index (χ1v) is 10.9. The highest BCUT2D eigenvalue weighted by molar-refractivity contribution is 5.79. The Kier molecular flexibility index (Phi) is 5.21. The molecule has 2 aliphatic rings. The molecule has 0 bridgehead atoms. The number of ether oxygens (including phenoxy) is 1. The van der Waals surface area contributed by atoms with E-state index in [2.05, 4.69) is 53.3 Å². The highest BCUT2D eigenvalue weighted by Gasteiger charge is 2.31. The number of H-pyrrole nitrogens is 1. The van der Waals surface area contributed by atoms with Crippen molar-refractivity contribution in [3.05, 3.63) is 71.3 Å². The minimum absolute atomic E-state index is 0.0329. The van der Waals surface area contributed by atoms with E-state index in [-0.39, 0.29) is 6.04 Å². The van der Waals surface area contributed by atoms with E-state index in [1.54, 1.807) is 13.4 Å². The number of nitrogens with one attached hydrogen (secondary N) is 1. The molecule has 2 heterocycles. The molecule has 1 unspecified atom stereocenters. The summed E-state index contributed by atoms with van der Waals surface area (Å²) in [5, 5.41) is 2.01. The highest BCUT2D eigenvalue weighted by Crippen LogP contribution is 2.40. The fourth-order valence-corrected chi connectivity index (χ4v) is 4.92. The molecule has 2 aromatic carbocycles. The number of hydrogen-bond acceptors (Lipinski definition) is 4. The Morgan fingerprint density at radius 1 is 1.03 bits per heavy atom. The Balaban J connectivity index is 1.50. The number of hydroxylamine groups is 1. The van der Waals surface area contributed by atoms with E-state index in [4.69, 9.17) is 9.57 Å². The Morgan fingerprint density at radius 3 is 2.57 bits per heavy atom. The Hall–Kier alpha value is -2.79. The number of anilines is 1. The van der Waals surface area contributed by atoms with Crippen LogP contribution in [0.5, 0.6) is 0 Å². The summed E-state index contributed by atoms with van der Waals surface area (Å²) in [5.41, 5.74) is 6.82. The number of nitrogens with zero attached hydrogens (tertiary/aromatic N) is 2. The largest absolute Gasteiger partial charge is 0.499 e. The summed E-state index contributed by atoms with van der Waals surface area (Å²) in [6.07, 6.45) is 8.44. The van der Waals surface area contributed by atoms with Gasteiger partial charge >= 0.3 is 0 Å². The minimum Gasteiger partial charge on any atom is -0.499 e. The molecule has 0 spiro atoms. The molecular formula is C25H29N3O2. The maximum Gasteiger partial charge on any atom is 0.132 e. The lowest BCUT2D eigenvalue weighted by atomic mass is 9.83. The fourth-order valence-electron chi connectivity index (χ4n) is 4.92. The molecule has 156 valence electrons. The van der Waals surface area contributed by atoms with Crippen LogP contribution in [0, 0.1) is 0 Å². The zero-order valence-electron chi connectivity index (χ0n) is 17.7. The summed E-state index contributed by atoms with van der Waals surface area (Å²) >= 11 is 0. The van der Waals surface area contributed by atoms with Gasteiger partial charge in [0.1, 0.15) is 18.4 Å². The predicted molar refractivity (Wildman–Crippen MR) is 119 cm³/mol. The number of hydrogen-bond donors (Lipinski definition) is 1. The van der Waals surface area contributed by atoms with Gasteiger partial charge in [0.25, 0.3) is 0 Å². The molecule has 1 N–H and O–H groups in total. The van der Waals surface area contributed by atoms with Crippen LogP contribution in [0.3, 0.4) is 0 Å². The molecule has 30 heavy (non-hydrogen) atoms. The average Bonchev–Trinajstić information content (AvgIpc) is 3.27. The Morgan fingerprint density at radius 2 is 1.80 bits per heavy atom. The maximum atomic E-state index is 6.19. The van der Waals surface area contributed by atoms with Crippen LogP contribution >= 0.6 is 0 Å². The zero-order chi connectivity index (χ0) is 20.5.